The zero-order valence-corrected chi connectivity index (χ0v) is 13.1. The van der Waals surface area contributed by atoms with Gasteiger partial charge in [0.25, 0.3) is 0 Å². The first-order chi connectivity index (χ1) is 11.0. The van der Waals surface area contributed by atoms with E-state index in [4.69, 9.17) is 9.84 Å². The Morgan fingerprint density at radius 1 is 1.30 bits per heavy atom. The van der Waals surface area contributed by atoms with E-state index in [-0.39, 0.29) is 6.54 Å². The van der Waals surface area contributed by atoms with E-state index in [0.29, 0.717) is 19.1 Å². The highest BCUT2D eigenvalue weighted by Crippen LogP contribution is 2.22. The standard InChI is InChI=1S/C16H18N4O3/c1-10-3-4-12(11(2)18-10)13-5-6-17-16(19-13)20-7-8-23-14(9-20)15(21)22/h3-6,14H,7-9H2,1-2H3,(H,21,22)/t14-/m0/s1. The number of aryl methyl sites for hydroxylation is 2. The van der Waals surface area contributed by atoms with Crippen molar-refractivity contribution < 1.29 is 14.6 Å². The van der Waals surface area contributed by atoms with Crippen molar-refractivity contribution in [2.24, 2.45) is 0 Å². The lowest BCUT2D eigenvalue weighted by Gasteiger charge is -2.30. The molecule has 7 heteroatoms. The van der Waals surface area contributed by atoms with Crippen LogP contribution in [0.25, 0.3) is 11.3 Å². The van der Waals surface area contributed by atoms with Crippen LogP contribution in [0.4, 0.5) is 5.95 Å². The van der Waals surface area contributed by atoms with Crippen molar-refractivity contribution in [1.82, 2.24) is 15.0 Å². The Balaban J connectivity index is 1.89. The van der Waals surface area contributed by atoms with Crippen molar-refractivity contribution in [2.75, 3.05) is 24.6 Å². The Morgan fingerprint density at radius 2 is 2.13 bits per heavy atom. The summed E-state index contributed by atoms with van der Waals surface area (Å²) in [5.41, 5.74) is 3.58. The molecular weight excluding hydrogens is 296 g/mol. The normalized spacial score (nSPS) is 18.0. The molecule has 0 aliphatic carbocycles. The number of aliphatic carboxylic acids is 1. The first-order valence-corrected chi connectivity index (χ1v) is 7.41. The first kappa shape index (κ1) is 15.4. The summed E-state index contributed by atoms with van der Waals surface area (Å²) in [6, 6.07) is 5.76. The predicted octanol–water partition coefficient (Wildman–Crippen LogP) is 1.45. The van der Waals surface area contributed by atoms with Gasteiger partial charge in [-0.3, -0.25) is 4.98 Å². The minimum Gasteiger partial charge on any atom is -0.479 e. The van der Waals surface area contributed by atoms with Gasteiger partial charge in [-0.05, 0) is 32.0 Å². The Labute approximate surface area is 134 Å². The Bertz CT molecular complexity index is 735. The van der Waals surface area contributed by atoms with Gasteiger partial charge in [0.15, 0.2) is 6.10 Å². The van der Waals surface area contributed by atoms with Gasteiger partial charge in [-0.25, -0.2) is 14.8 Å². The second-order valence-electron chi connectivity index (χ2n) is 5.47. The van der Waals surface area contributed by atoms with Crippen LogP contribution in [0, 0.1) is 13.8 Å². The zero-order chi connectivity index (χ0) is 16.4. The molecule has 0 aromatic carbocycles. The molecule has 7 nitrogen and oxygen atoms in total. The van der Waals surface area contributed by atoms with Crippen molar-refractivity contribution >= 4 is 11.9 Å². The molecule has 120 valence electrons. The molecule has 23 heavy (non-hydrogen) atoms. The van der Waals surface area contributed by atoms with Crippen molar-refractivity contribution in [3.05, 3.63) is 35.8 Å². The second-order valence-corrected chi connectivity index (χ2v) is 5.47. The minimum atomic E-state index is -0.968. The van der Waals surface area contributed by atoms with Crippen LogP contribution in [0.2, 0.25) is 0 Å². The third-order valence-electron chi connectivity index (χ3n) is 3.77. The van der Waals surface area contributed by atoms with Crippen LogP contribution < -0.4 is 4.90 Å². The van der Waals surface area contributed by atoms with Crippen molar-refractivity contribution in [2.45, 2.75) is 20.0 Å². The summed E-state index contributed by atoms with van der Waals surface area (Å²) in [4.78, 5) is 26.2. The maximum absolute atomic E-state index is 11.1. The molecule has 0 bridgehead atoms. The molecule has 1 N–H and O–H groups in total. The molecule has 3 rings (SSSR count). The van der Waals surface area contributed by atoms with E-state index in [1.54, 1.807) is 6.20 Å². The minimum absolute atomic E-state index is 0.240. The summed E-state index contributed by atoms with van der Waals surface area (Å²) in [6.45, 7) is 5.04. The van der Waals surface area contributed by atoms with Gasteiger partial charge in [0.2, 0.25) is 5.95 Å². The highest BCUT2D eigenvalue weighted by Gasteiger charge is 2.27. The lowest BCUT2D eigenvalue weighted by Crippen LogP contribution is -2.46. The summed E-state index contributed by atoms with van der Waals surface area (Å²) in [5.74, 6) is -0.457. The van der Waals surface area contributed by atoms with Gasteiger partial charge in [-0.1, -0.05) is 0 Å². The Hall–Kier alpha value is -2.54. The van der Waals surface area contributed by atoms with E-state index in [1.807, 2.05) is 36.9 Å². The lowest BCUT2D eigenvalue weighted by molar-refractivity contribution is -0.150. The van der Waals surface area contributed by atoms with Crippen LogP contribution in [-0.4, -0.2) is 51.8 Å². The number of rotatable bonds is 3. The molecule has 2 aromatic rings. The summed E-state index contributed by atoms with van der Waals surface area (Å²) in [6.07, 6.45) is 0.834. The van der Waals surface area contributed by atoms with E-state index in [9.17, 15) is 4.79 Å². The number of carboxylic acids is 1. The van der Waals surface area contributed by atoms with Crippen LogP contribution in [0.3, 0.4) is 0 Å². The molecule has 2 aromatic heterocycles. The molecule has 1 saturated heterocycles. The van der Waals surface area contributed by atoms with Crippen molar-refractivity contribution in [3.8, 4) is 11.3 Å². The quantitative estimate of drug-likeness (QED) is 0.917. The summed E-state index contributed by atoms with van der Waals surface area (Å²) >= 11 is 0. The highest BCUT2D eigenvalue weighted by atomic mass is 16.5. The summed E-state index contributed by atoms with van der Waals surface area (Å²) < 4.78 is 5.23. The third kappa shape index (κ3) is 3.29. The van der Waals surface area contributed by atoms with Gasteiger partial charge < -0.3 is 14.7 Å². The molecule has 0 saturated carbocycles. The monoisotopic (exact) mass is 314 g/mol. The predicted molar refractivity (Wildman–Crippen MR) is 84.3 cm³/mol. The molecule has 0 spiro atoms. The molecular formula is C16H18N4O3. The average molecular weight is 314 g/mol. The summed E-state index contributed by atoms with van der Waals surface area (Å²) in [7, 11) is 0. The number of carboxylic acid groups (broad SMARTS) is 1. The van der Waals surface area contributed by atoms with E-state index < -0.39 is 12.1 Å². The van der Waals surface area contributed by atoms with Gasteiger partial charge >= 0.3 is 5.97 Å². The lowest BCUT2D eigenvalue weighted by atomic mass is 10.1. The number of morpholine rings is 1. The van der Waals surface area contributed by atoms with Crippen LogP contribution in [-0.2, 0) is 9.53 Å². The van der Waals surface area contributed by atoms with Crippen LogP contribution in [0.15, 0.2) is 24.4 Å². The van der Waals surface area contributed by atoms with Gasteiger partial charge in [0, 0.05) is 29.7 Å². The third-order valence-corrected chi connectivity index (χ3v) is 3.77. The molecule has 0 radical (unpaired) electrons. The van der Waals surface area contributed by atoms with Gasteiger partial charge in [0.1, 0.15) is 0 Å². The molecule has 3 heterocycles. The zero-order valence-electron chi connectivity index (χ0n) is 13.1. The van der Waals surface area contributed by atoms with Crippen molar-refractivity contribution in [3.63, 3.8) is 0 Å². The fourth-order valence-electron chi connectivity index (χ4n) is 2.59. The fraction of sp³-hybridized carbons (Fsp3) is 0.375. The van der Waals surface area contributed by atoms with Gasteiger partial charge in [0.05, 0.1) is 18.8 Å². The molecule has 1 fully saturated rings. The van der Waals surface area contributed by atoms with Gasteiger partial charge in [-0.15, -0.1) is 0 Å². The number of hydrogen-bond donors (Lipinski definition) is 1. The van der Waals surface area contributed by atoms with Gasteiger partial charge in [-0.2, -0.15) is 0 Å². The number of aromatic nitrogens is 3. The van der Waals surface area contributed by atoms with Crippen LogP contribution >= 0.6 is 0 Å². The van der Waals surface area contributed by atoms with E-state index in [1.165, 1.54) is 0 Å². The van der Waals surface area contributed by atoms with Crippen LogP contribution in [0.1, 0.15) is 11.4 Å². The number of anilines is 1. The van der Waals surface area contributed by atoms with E-state index in [0.717, 1.165) is 22.6 Å². The smallest absolute Gasteiger partial charge is 0.334 e. The second kappa shape index (κ2) is 6.29. The maximum atomic E-state index is 11.1. The van der Waals surface area contributed by atoms with E-state index >= 15 is 0 Å². The molecule has 0 amide bonds. The number of nitrogens with zero attached hydrogens (tertiary/aromatic N) is 4. The SMILES string of the molecule is Cc1ccc(-c2ccnc(N3CCO[C@H](C(=O)O)C3)n2)c(C)n1. The average Bonchev–Trinajstić information content (AvgIpc) is 2.55. The molecule has 0 unspecified atom stereocenters. The maximum Gasteiger partial charge on any atom is 0.334 e. The largest absolute Gasteiger partial charge is 0.479 e. The molecule has 1 aliphatic rings. The summed E-state index contributed by atoms with van der Waals surface area (Å²) in [5, 5.41) is 9.10. The Morgan fingerprint density at radius 3 is 2.87 bits per heavy atom. The number of ether oxygens (including phenoxy) is 1. The molecule has 1 atom stereocenters. The number of pyridine rings is 1. The molecule has 1 aliphatic heterocycles. The Kier molecular flexibility index (Phi) is 4.20. The van der Waals surface area contributed by atoms with Crippen molar-refractivity contribution in [1.29, 1.82) is 0 Å². The number of hydrogen-bond acceptors (Lipinski definition) is 6. The first-order valence-electron chi connectivity index (χ1n) is 7.41. The highest BCUT2D eigenvalue weighted by molar-refractivity contribution is 5.73. The van der Waals surface area contributed by atoms with Crippen LogP contribution in [0.5, 0.6) is 0 Å². The number of carbonyl (C=O) groups is 1. The fourth-order valence-corrected chi connectivity index (χ4v) is 2.59. The topological polar surface area (TPSA) is 88.4 Å². The van der Waals surface area contributed by atoms with E-state index in [2.05, 4.69) is 15.0 Å².